The minimum absolute atomic E-state index is 0.615. The molecule has 0 bridgehead atoms. The van der Waals surface area contributed by atoms with E-state index < -0.39 is 0 Å². The molecule has 1 rings (SSSR count). The van der Waals surface area contributed by atoms with Crippen molar-refractivity contribution in [2.24, 2.45) is 0 Å². The third kappa shape index (κ3) is 1.61. The summed E-state index contributed by atoms with van der Waals surface area (Å²) in [7, 11) is 0. The van der Waals surface area contributed by atoms with Crippen LogP contribution in [0.4, 0.5) is 0 Å². The Hall–Kier alpha value is 0.289. The predicted octanol–water partition coefficient (Wildman–Crippen LogP) is 2.10. The van der Waals surface area contributed by atoms with Crippen molar-refractivity contribution in [1.29, 1.82) is 0 Å². The van der Waals surface area contributed by atoms with Gasteiger partial charge in [-0.15, -0.1) is 0 Å². The molecule has 0 N–H and O–H groups in total. The molecule has 1 aromatic rings. The van der Waals surface area contributed by atoms with Crippen molar-refractivity contribution in [3.05, 3.63) is 20.5 Å². The summed E-state index contributed by atoms with van der Waals surface area (Å²) in [5, 5.41) is 0. The third-order valence-electron chi connectivity index (χ3n) is 1.29. The Balaban J connectivity index is 3.01. The van der Waals surface area contributed by atoms with Crippen molar-refractivity contribution in [3.63, 3.8) is 0 Å². The summed E-state index contributed by atoms with van der Waals surface area (Å²) in [5.41, 5.74) is 1.34. The number of halogens is 1. The Morgan fingerprint density at radius 2 is 2.22 bits per heavy atom. The second-order valence-electron chi connectivity index (χ2n) is 2.07. The second-order valence-corrected chi connectivity index (χ2v) is 5.40. The van der Waals surface area contributed by atoms with Crippen LogP contribution in [0.15, 0.2) is 6.07 Å². The van der Waals surface area contributed by atoms with E-state index in [1.165, 1.54) is 14.4 Å². The molecular formula is C7H9ClSe. The van der Waals surface area contributed by atoms with Crippen LogP contribution in [0.5, 0.6) is 0 Å². The first-order chi connectivity index (χ1) is 4.24. The van der Waals surface area contributed by atoms with Gasteiger partial charge in [-0.3, -0.25) is 0 Å². The summed E-state index contributed by atoms with van der Waals surface area (Å²) < 4.78 is 2.99. The van der Waals surface area contributed by atoms with Gasteiger partial charge in [0.1, 0.15) is 0 Å². The summed E-state index contributed by atoms with van der Waals surface area (Å²) in [5.74, 6) is 0.685. The summed E-state index contributed by atoms with van der Waals surface area (Å²) >= 11 is 6.29. The third-order valence-corrected chi connectivity index (χ3v) is 3.69. The van der Waals surface area contributed by atoms with Gasteiger partial charge in [0.15, 0.2) is 0 Å². The van der Waals surface area contributed by atoms with E-state index in [0.29, 0.717) is 20.4 Å². The Kier molecular flexibility index (Phi) is 2.40. The van der Waals surface area contributed by atoms with Crippen LogP contribution in [0.1, 0.15) is 14.4 Å². The maximum atomic E-state index is 5.68. The molecule has 0 aliphatic carbocycles. The molecule has 0 unspecified atom stereocenters. The van der Waals surface area contributed by atoms with Crippen LogP contribution in [-0.4, -0.2) is 14.5 Å². The predicted molar refractivity (Wildman–Crippen MR) is 42.4 cm³/mol. The average Bonchev–Trinajstić information content (AvgIpc) is 2.10. The summed E-state index contributed by atoms with van der Waals surface area (Å²) in [6.07, 6.45) is 0. The molecule has 9 heavy (non-hydrogen) atoms. The van der Waals surface area contributed by atoms with Crippen LogP contribution in [0.2, 0.25) is 0 Å². The van der Waals surface area contributed by atoms with Crippen LogP contribution in [0.25, 0.3) is 0 Å². The second kappa shape index (κ2) is 2.92. The van der Waals surface area contributed by atoms with Crippen LogP contribution >= 0.6 is 11.6 Å². The van der Waals surface area contributed by atoms with Gasteiger partial charge in [-0.1, -0.05) is 0 Å². The topological polar surface area (TPSA) is 0 Å². The van der Waals surface area contributed by atoms with E-state index in [-0.39, 0.29) is 0 Å². The fourth-order valence-corrected chi connectivity index (χ4v) is 3.26. The molecule has 2 heteroatoms. The number of rotatable bonds is 1. The molecule has 0 saturated carbocycles. The van der Waals surface area contributed by atoms with E-state index in [4.69, 9.17) is 11.6 Å². The fraction of sp³-hybridized carbons (Fsp3) is 0.429. The van der Waals surface area contributed by atoms with Crippen molar-refractivity contribution in [2.75, 3.05) is 0 Å². The van der Waals surface area contributed by atoms with Gasteiger partial charge in [0, 0.05) is 0 Å². The standard InChI is InChI=1S/C7H9ClSe/c1-5-3-7(4-8)6(2)9-5/h3H,4H2,1-2H3. The fourth-order valence-electron chi connectivity index (χ4n) is 0.816. The summed E-state index contributed by atoms with van der Waals surface area (Å²) in [6.45, 7) is 4.34. The molecule has 0 aliphatic rings. The zero-order valence-corrected chi connectivity index (χ0v) is 8.04. The number of hydrogen-bond donors (Lipinski definition) is 0. The number of alkyl halides is 1. The van der Waals surface area contributed by atoms with Crippen molar-refractivity contribution < 1.29 is 0 Å². The monoisotopic (exact) mass is 208 g/mol. The van der Waals surface area contributed by atoms with Gasteiger partial charge >= 0.3 is 66.3 Å². The molecule has 1 aromatic heterocycles. The molecule has 0 aromatic carbocycles. The SMILES string of the molecule is Cc1cc(CCl)c(C)[se]1. The Bertz CT molecular complexity index is 203. The molecule has 50 valence electrons. The molecule has 0 amide bonds. The summed E-state index contributed by atoms with van der Waals surface area (Å²) in [6, 6.07) is 2.21. The van der Waals surface area contributed by atoms with E-state index in [1.54, 1.807) is 0 Å². The molecule has 0 fully saturated rings. The van der Waals surface area contributed by atoms with Crippen LogP contribution in [0.3, 0.4) is 0 Å². The van der Waals surface area contributed by atoms with E-state index in [9.17, 15) is 0 Å². The molecule has 0 spiro atoms. The zero-order valence-electron chi connectivity index (χ0n) is 5.57. The Morgan fingerprint density at radius 3 is 2.44 bits per heavy atom. The molecular weight excluding hydrogens is 198 g/mol. The van der Waals surface area contributed by atoms with Crippen LogP contribution in [-0.2, 0) is 5.88 Å². The first kappa shape index (κ1) is 7.40. The van der Waals surface area contributed by atoms with Gasteiger partial charge in [0.2, 0.25) is 0 Å². The van der Waals surface area contributed by atoms with Gasteiger partial charge < -0.3 is 0 Å². The molecule has 1 heterocycles. The van der Waals surface area contributed by atoms with E-state index in [1.807, 2.05) is 0 Å². The molecule has 0 saturated heterocycles. The first-order valence-corrected chi connectivity index (χ1v) is 5.10. The van der Waals surface area contributed by atoms with E-state index in [2.05, 4.69) is 19.9 Å². The minimum atomic E-state index is 0.615. The molecule has 0 nitrogen and oxygen atoms in total. The van der Waals surface area contributed by atoms with Gasteiger partial charge in [0.25, 0.3) is 0 Å². The number of hydrogen-bond acceptors (Lipinski definition) is 0. The van der Waals surface area contributed by atoms with Gasteiger partial charge in [-0.2, -0.15) is 0 Å². The van der Waals surface area contributed by atoms with Gasteiger partial charge in [-0.25, -0.2) is 0 Å². The molecule has 0 aliphatic heterocycles. The quantitative estimate of drug-likeness (QED) is 0.489. The van der Waals surface area contributed by atoms with Gasteiger partial charge in [-0.05, 0) is 0 Å². The zero-order chi connectivity index (χ0) is 6.85. The van der Waals surface area contributed by atoms with Crippen molar-refractivity contribution in [1.82, 2.24) is 0 Å². The molecule has 0 atom stereocenters. The van der Waals surface area contributed by atoms with Crippen LogP contribution in [0, 0.1) is 13.8 Å². The normalized spacial score (nSPS) is 10.1. The maximum absolute atomic E-state index is 5.68. The van der Waals surface area contributed by atoms with Crippen molar-refractivity contribution >= 4 is 26.1 Å². The average molecular weight is 208 g/mol. The first-order valence-electron chi connectivity index (χ1n) is 2.86. The van der Waals surface area contributed by atoms with Crippen molar-refractivity contribution in [3.8, 4) is 0 Å². The van der Waals surface area contributed by atoms with Crippen molar-refractivity contribution in [2.45, 2.75) is 19.7 Å². The van der Waals surface area contributed by atoms with E-state index in [0.717, 1.165) is 0 Å². The Labute approximate surface area is 66.6 Å². The summed E-state index contributed by atoms with van der Waals surface area (Å²) in [4.78, 5) is 0. The molecule has 0 radical (unpaired) electrons. The number of aryl methyl sites for hydroxylation is 2. The van der Waals surface area contributed by atoms with Crippen LogP contribution < -0.4 is 0 Å². The Morgan fingerprint density at radius 1 is 1.56 bits per heavy atom. The van der Waals surface area contributed by atoms with Gasteiger partial charge in [0.05, 0.1) is 0 Å². The van der Waals surface area contributed by atoms with E-state index >= 15 is 0 Å².